The first-order valence-corrected chi connectivity index (χ1v) is 6.51. The Labute approximate surface area is 112 Å². The van der Waals surface area contributed by atoms with Gasteiger partial charge in [-0.2, -0.15) is 5.10 Å². The molecule has 98 valence electrons. The number of nitrogens with one attached hydrogen (secondary N) is 1. The van der Waals surface area contributed by atoms with Gasteiger partial charge in [-0.3, -0.25) is 9.48 Å². The molecule has 0 aliphatic heterocycles. The standard InChI is InChI=1S/C15H17N3O/c1-10-8-14(17-18(10)2)16-15(19)13-9-12(13)11-6-4-3-5-7-11/h3-8,12-13H,9H2,1-2H3,(H,16,17,19)/t12-,13+/m0/s1. The monoisotopic (exact) mass is 255 g/mol. The number of hydrogen-bond donors (Lipinski definition) is 1. The number of nitrogens with zero attached hydrogens (tertiary/aromatic N) is 2. The predicted octanol–water partition coefficient (Wildman–Crippen LogP) is 2.47. The Hall–Kier alpha value is -2.10. The highest BCUT2D eigenvalue weighted by atomic mass is 16.2. The van der Waals surface area contributed by atoms with E-state index in [9.17, 15) is 4.79 Å². The molecule has 1 aromatic carbocycles. The predicted molar refractivity (Wildman–Crippen MR) is 73.9 cm³/mol. The zero-order valence-electron chi connectivity index (χ0n) is 11.1. The molecule has 0 radical (unpaired) electrons. The normalized spacial score (nSPS) is 21.2. The van der Waals surface area contributed by atoms with Crippen LogP contribution in [-0.2, 0) is 11.8 Å². The molecular weight excluding hydrogens is 238 g/mol. The van der Waals surface area contributed by atoms with Gasteiger partial charge in [0.05, 0.1) is 0 Å². The van der Waals surface area contributed by atoms with E-state index in [1.54, 1.807) is 4.68 Å². The third-order valence-electron chi connectivity index (χ3n) is 3.72. The van der Waals surface area contributed by atoms with Crippen molar-refractivity contribution in [2.45, 2.75) is 19.3 Å². The minimum Gasteiger partial charge on any atom is -0.309 e. The van der Waals surface area contributed by atoms with Crippen LogP contribution in [0.5, 0.6) is 0 Å². The summed E-state index contributed by atoms with van der Waals surface area (Å²) in [5.41, 5.74) is 2.28. The summed E-state index contributed by atoms with van der Waals surface area (Å²) in [5.74, 6) is 1.17. The second kappa shape index (κ2) is 4.53. The number of anilines is 1. The topological polar surface area (TPSA) is 46.9 Å². The zero-order chi connectivity index (χ0) is 13.4. The molecule has 0 unspecified atom stereocenters. The minimum absolute atomic E-state index is 0.0759. The molecule has 1 aliphatic rings. The fraction of sp³-hybridized carbons (Fsp3) is 0.333. The SMILES string of the molecule is Cc1cc(NC(=O)[C@@H]2C[C@H]2c2ccccc2)nn1C. The van der Waals surface area contributed by atoms with Crippen molar-refractivity contribution >= 4 is 11.7 Å². The number of carbonyl (C=O) groups is 1. The van der Waals surface area contributed by atoms with E-state index in [0.717, 1.165) is 12.1 Å². The van der Waals surface area contributed by atoms with Crippen LogP contribution in [0.3, 0.4) is 0 Å². The van der Waals surface area contributed by atoms with Crippen molar-refractivity contribution in [3.05, 3.63) is 47.7 Å². The van der Waals surface area contributed by atoms with Gasteiger partial charge in [-0.05, 0) is 24.8 Å². The molecule has 0 spiro atoms. The number of rotatable bonds is 3. The fourth-order valence-corrected chi connectivity index (χ4v) is 2.39. The second-order valence-corrected chi connectivity index (χ2v) is 5.14. The van der Waals surface area contributed by atoms with Gasteiger partial charge >= 0.3 is 0 Å². The number of benzene rings is 1. The summed E-state index contributed by atoms with van der Waals surface area (Å²) in [6.45, 7) is 1.96. The van der Waals surface area contributed by atoms with Gasteiger partial charge in [-0.15, -0.1) is 0 Å². The lowest BCUT2D eigenvalue weighted by Crippen LogP contribution is -2.15. The van der Waals surface area contributed by atoms with Crippen LogP contribution < -0.4 is 5.32 Å². The van der Waals surface area contributed by atoms with Gasteiger partial charge in [0.25, 0.3) is 0 Å². The van der Waals surface area contributed by atoms with Crippen molar-refractivity contribution in [2.75, 3.05) is 5.32 Å². The summed E-state index contributed by atoms with van der Waals surface area (Å²) in [7, 11) is 1.87. The Morgan fingerprint density at radius 2 is 2.11 bits per heavy atom. The molecule has 1 aliphatic carbocycles. The van der Waals surface area contributed by atoms with Crippen LogP contribution in [0.1, 0.15) is 23.6 Å². The third-order valence-corrected chi connectivity index (χ3v) is 3.72. The highest BCUT2D eigenvalue weighted by Crippen LogP contribution is 2.47. The quantitative estimate of drug-likeness (QED) is 0.915. The molecule has 1 amide bonds. The molecule has 0 bridgehead atoms. The van der Waals surface area contributed by atoms with E-state index < -0.39 is 0 Å². The third kappa shape index (κ3) is 2.38. The van der Waals surface area contributed by atoms with Crippen molar-refractivity contribution in [2.24, 2.45) is 13.0 Å². The van der Waals surface area contributed by atoms with E-state index in [0.29, 0.717) is 11.7 Å². The van der Waals surface area contributed by atoms with Crippen LogP contribution in [-0.4, -0.2) is 15.7 Å². The van der Waals surface area contributed by atoms with Gasteiger partial charge in [0.1, 0.15) is 0 Å². The van der Waals surface area contributed by atoms with Crippen LogP contribution in [0.25, 0.3) is 0 Å². The van der Waals surface area contributed by atoms with Crippen LogP contribution in [0.15, 0.2) is 36.4 Å². The van der Waals surface area contributed by atoms with Crippen LogP contribution >= 0.6 is 0 Å². The Balaban J connectivity index is 1.64. The average molecular weight is 255 g/mol. The average Bonchev–Trinajstić information content (AvgIpc) is 3.14. The van der Waals surface area contributed by atoms with E-state index >= 15 is 0 Å². The number of hydrogen-bond acceptors (Lipinski definition) is 2. The van der Waals surface area contributed by atoms with Gasteiger partial charge in [0.15, 0.2) is 5.82 Å². The van der Waals surface area contributed by atoms with Crippen molar-refractivity contribution in [3.63, 3.8) is 0 Å². The van der Waals surface area contributed by atoms with Gasteiger partial charge in [0.2, 0.25) is 5.91 Å². The number of aryl methyl sites for hydroxylation is 2. The Morgan fingerprint density at radius 3 is 2.74 bits per heavy atom. The zero-order valence-corrected chi connectivity index (χ0v) is 11.1. The number of amides is 1. The molecule has 3 rings (SSSR count). The summed E-state index contributed by atoms with van der Waals surface area (Å²) in [4.78, 5) is 12.1. The molecule has 2 aromatic rings. The van der Waals surface area contributed by atoms with Crippen molar-refractivity contribution in [3.8, 4) is 0 Å². The van der Waals surface area contributed by atoms with Gasteiger partial charge in [0, 0.05) is 24.7 Å². The number of aromatic nitrogens is 2. The lowest BCUT2D eigenvalue weighted by Gasteiger charge is -2.01. The maximum Gasteiger partial charge on any atom is 0.229 e. The van der Waals surface area contributed by atoms with E-state index in [4.69, 9.17) is 0 Å². The molecule has 1 heterocycles. The second-order valence-electron chi connectivity index (χ2n) is 5.14. The minimum atomic E-state index is 0.0759. The first-order valence-electron chi connectivity index (χ1n) is 6.51. The molecule has 4 nitrogen and oxygen atoms in total. The molecule has 0 saturated heterocycles. The van der Waals surface area contributed by atoms with Gasteiger partial charge in [-0.25, -0.2) is 0 Å². The van der Waals surface area contributed by atoms with E-state index in [1.807, 2.05) is 38.2 Å². The summed E-state index contributed by atoms with van der Waals surface area (Å²) in [6.07, 6.45) is 0.932. The summed E-state index contributed by atoms with van der Waals surface area (Å²) in [5, 5.41) is 7.14. The first kappa shape index (κ1) is 12.0. The Kier molecular flexibility index (Phi) is 2.85. The maximum absolute atomic E-state index is 12.1. The molecule has 4 heteroatoms. The fourth-order valence-electron chi connectivity index (χ4n) is 2.39. The Morgan fingerprint density at radius 1 is 1.37 bits per heavy atom. The molecule has 1 N–H and O–H groups in total. The molecule has 1 saturated carbocycles. The van der Waals surface area contributed by atoms with Gasteiger partial charge in [-0.1, -0.05) is 30.3 Å². The van der Waals surface area contributed by atoms with Crippen molar-refractivity contribution < 1.29 is 4.79 Å². The first-order chi connectivity index (χ1) is 9.15. The molecule has 1 fully saturated rings. The molecule has 1 aromatic heterocycles. The summed E-state index contributed by atoms with van der Waals surface area (Å²) < 4.78 is 1.76. The number of carbonyl (C=O) groups excluding carboxylic acids is 1. The molecular formula is C15H17N3O. The van der Waals surface area contributed by atoms with Crippen molar-refractivity contribution in [1.82, 2.24) is 9.78 Å². The van der Waals surface area contributed by atoms with Crippen LogP contribution in [0.4, 0.5) is 5.82 Å². The van der Waals surface area contributed by atoms with Gasteiger partial charge < -0.3 is 5.32 Å². The van der Waals surface area contributed by atoms with Crippen LogP contribution in [0, 0.1) is 12.8 Å². The highest BCUT2D eigenvalue weighted by molar-refractivity contribution is 5.94. The van der Waals surface area contributed by atoms with E-state index in [1.165, 1.54) is 5.56 Å². The van der Waals surface area contributed by atoms with E-state index in [-0.39, 0.29) is 11.8 Å². The lowest BCUT2D eigenvalue weighted by atomic mass is 10.1. The maximum atomic E-state index is 12.1. The molecule has 2 atom stereocenters. The smallest absolute Gasteiger partial charge is 0.229 e. The van der Waals surface area contributed by atoms with Crippen molar-refractivity contribution in [1.29, 1.82) is 0 Å². The summed E-state index contributed by atoms with van der Waals surface area (Å²) in [6, 6.07) is 12.1. The largest absolute Gasteiger partial charge is 0.309 e. The highest BCUT2D eigenvalue weighted by Gasteiger charge is 2.43. The van der Waals surface area contributed by atoms with Crippen LogP contribution in [0.2, 0.25) is 0 Å². The Bertz CT molecular complexity index is 584. The summed E-state index contributed by atoms with van der Waals surface area (Å²) >= 11 is 0. The molecule has 19 heavy (non-hydrogen) atoms. The lowest BCUT2D eigenvalue weighted by molar-refractivity contribution is -0.117. The van der Waals surface area contributed by atoms with E-state index in [2.05, 4.69) is 22.5 Å².